The second-order valence-corrected chi connectivity index (χ2v) is 11.0. The molecule has 192 valence electrons. The van der Waals surface area contributed by atoms with Crippen LogP contribution >= 0.6 is 45.6 Å². The monoisotopic (exact) mass is 573 g/mol. The highest BCUT2D eigenvalue weighted by atomic mass is 35.5. The van der Waals surface area contributed by atoms with Gasteiger partial charge in [0.2, 0.25) is 0 Å². The Balaban J connectivity index is 1.60. The van der Waals surface area contributed by atoms with E-state index in [1.807, 2.05) is 67.7 Å². The van der Waals surface area contributed by atoms with Crippen LogP contribution in [-0.2, 0) is 6.42 Å². The van der Waals surface area contributed by atoms with E-state index in [1.165, 1.54) is 6.33 Å². The molecule has 4 rings (SSSR count). The Bertz CT molecular complexity index is 1380. The van der Waals surface area contributed by atoms with E-state index in [-0.39, 0.29) is 5.92 Å². The van der Waals surface area contributed by atoms with E-state index in [4.69, 9.17) is 39.5 Å². The predicted molar refractivity (Wildman–Crippen MR) is 156 cm³/mol. The highest BCUT2D eigenvalue weighted by molar-refractivity contribution is 8.10. The number of aromatic nitrogens is 2. The summed E-state index contributed by atoms with van der Waals surface area (Å²) in [6, 6.07) is 20.6. The van der Waals surface area contributed by atoms with Crippen molar-refractivity contribution in [2.45, 2.75) is 31.1 Å². The van der Waals surface area contributed by atoms with E-state index in [0.717, 1.165) is 21.7 Å². The van der Waals surface area contributed by atoms with E-state index in [1.54, 1.807) is 18.2 Å². The number of nitrogens with one attached hydrogen (secondary N) is 1. The quantitative estimate of drug-likeness (QED) is 0.195. The minimum absolute atomic E-state index is 0.152. The van der Waals surface area contributed by atoms with Gasteiger partial charge in [-0.1, -0.05) is 71.6 Å². The number of nitrogens with zero attached hydrogens (tertiary/aromatic N) is 2. The first-order valence-electron chi connectivity index (χ1n) is 11.6. The van der Waals surface area contributed by atoms with Crippen LogP contribution in [0.25, 0.3) is 0 Å². The molecule has 0 aliphatic carbocycles. The molecular formula is C28H26Cl3N3O2S. The third-order valence-corrected chi connectivity index (χ3v) is 7.80. The predicted octanol–water partition coefficient (Wildman–Crippen LogP) is 8.90. The summed E-state index contributed by atoms with van der Waals surface area (Å²) in [4.78, 5) is 9.39. The standard InChI is InChI=1S/C28H26Cl3N3O2S/c1-3-26-27(31)28(34-17-33-26)32-15-20(16-37(35)25-10-4-18(2)5-11-25)19-6-8-23(9-7-19)36-24-13-21(29)12-22(30)14-24/h4-14,16-17,20,35H,3,15H2,1-2H3,(H,32,33,34). The lowest BCUT2D eigenvalue weighted by Gasteiger charge is -2.18. The van der Waals surface area contributed by atoms with Crippen molar-refractivity contribution in [3.8, 4) is 11.5 Å². The van der Waals surface area contributed by atoms with Crippen molar-refractivity contribution in [1.29, 1.82) is 0 Å². The van der Waals surface area contributed by atoms with Crippen LogP contribution < -0.4 is 10.1 Å². The number of ether oxygens (including phenoxy) is 1. The Morgan fingerprint density at radius 1 is 0.946 bits per heavy atom. The topological polar surface area (TPSA) is 67.3 Å². The Kier molecular flexibility index (Phi) is 9.46. The molecule has 9 heteroatoms. The average Bonchev–Trinajstić information content (AvgIpc) is 2.87. The van der Waals surface area contributed by atoms with Gasteiger partial charge >= 0.3 is 0 Å². The van der Waals surface area contributed by atoms with Crippen LogP contribution in [0.2, 0.25) is 15.1 Å². The minimum Gasteiger partial charge on any atom is -0.457 e. The third-order valence-electron chi connectivity index (χ3n) is 5.62. The van der Waals surface area contributed by atoms with Crippen LogP contribution in [0.3, 0.4) is 0 Å². The number of aryl methyl sites for hydroxylation is 2. The van der Waals surface area contributed by atoms with Crippen molar-refractivity contribution in [1.82, 2.24) is 9.97 Å². The lowest BCUT2D eigenvalue weighted by Crippen LogP contribution is -2.15. The summed E-state index contributed by atoms with van der Waals surface area (Å²) in [6.07, 6.45) is 2.21. The van der Waals surface area contributed by atoms with E-state index < -0.39 is 10.8 Å². The van der Waals surface area contributed by atoms with Crippen molar-refractivity contribution >= 4 is 56.8 Å². The fraction of sp³-hybridized carbons (Fsp3) is 0.179. The van der Waals surface area contributed by atoms with Crippen LogP contribution in [0, 0.1) is 6.92 Å². The Morgan fingerprint density at radius 2 is 1.62 bits per heavy atom. The van der Waals surface area contributed by atoms with Crippen molar-refractivity contribution in [3.63, 3.8) is 0 Å². The van der Waals surface area contributed by atoms with Crippen LogP contribution in [0.15, 0.2) is 78.0 Å². The van der Waals surface area contributed by atoms with Gasteiger partial charge in [0, 0.05) is 27.4 Å². The molecule has 0 amide bonds. The van der Waals surface area contributed by atoms with Gasteiger partial charge in [-0.15, -0.1) is 0 Å². The molecule has 0 saturated heterocycles. The van der Waals surface area contributed by atoms with Gasteiger partial charge < -0.3 is 14.6 Å². The van der Waals surface area contributed by atoms with E-state index in [0.29, 0.717) is 45.4 Å². The maximum absolute atomic E-state index is 11.0. The van der Waals surface area contributed by atoms with Gasteiger partial charge in [0.25, 0.3) is 0 Å². The summed E-state index contributed by atoms with van der Waals surface area (Å²) < 4.78 is 17.0. The second kappa shape index (κ2) is 12.8. The van der Waals surface area contributed by atoms with Crippen LogP contribution in [0.1, 0.15) is 29.7 Å². The smallest absolute Gasteiger partial charge is 0.148 e. The summed E-state index contributed by atoms with van der Waals surface area (Å²) in [7, 11) is -1.07. The second-order valence-electron chi connectivity index (χ2n) is 8.36. The first kappa shape index (κ1) is 27.4. The van der Waals surface area contributed by atoms with Crippen molar-refractivity contribution < 1.29 is 9.29 Å². The van der Waals surface area contributed by atoms with Gasteiger partial charge in [-0.2, -0.15) is 0 Å². The minimum atomic E-state index is -1.07. The molecule has 0 aliphatic rings. The van der Waals surface area contributed by atoms with Gasteiger partial charge in [0.05, 0.1) is 5.69 Å². The molecule has 0 saturated carbocycles. The number of hydrogen-bond acceptors (Lipinski definition) is 5. The molecule has 1 aromatic heterocycles. The molecule has 0 bridgehead atoms. The average molecular weight is 575 g/mol. The number of anilines is 1. The Morgan fingerprint density at radius 3 is 2.27 bits per heavy atom. The maximum atomic E-state index is 11.0. The van der Waals surface area contributed by atoms with Crippen molar-refractivity contribution in [3.05, 3.63) is 105 Å². The largest absolute Gasteiger partial charge is 0.457 e. The fourth-order valence-electron chi connectivity index (χ4n) is 3.65. The van der Waals surface area contributed by atoms with Crippen molar-refractivity contribution in [2.75, 3.05) is 11.9 Å². The summed E-state index contributed by atoms with van der Waals surface area (Å²) >= 11 is 18.7. The summed E-state index contributed by atoms with van der Waals surface area (Å²) in [5.41, 5.74) is 2.91. The molecule has 0 aliphatic heterocycles. The van der Waals surface area contributed by atoms with Gasteiger partial charge in [0.1, 0.15) is 28.7 Å². The van der Waals surface area contributed by atoms with E-state index in [2.05, 4.69) is 15.3 Å². The molecule has 3 aromatic carbocycles. The normalized spacial score (nSPS) is 12.8. The van der Waals surface area contributed by atoms with Gasteiger partial charge in [-0.3, -0.25) is 0 Å². The fourth-order valence-corrected chi connectivity index (χ4v) is 5.59. The summed E-state index contributed by atoms with van der Waals surface area (Å²) in [5.74, 6) is 1.61. The van der Waals surface area contributed by atoms with E-state index >= 15 is 0 Å². The molecule has 37 heavy (non-hydrogen) atoms. The number of hydrogen-bond donors (Lipinski definition) is 2. The molecule has 5 nitrogen and oxygen atoms in total. The van der Waals surface area contributed by atoms with E-state index in [9.17, 15) is 4.55 Å². The zero-order chi connectivity index (χ0) is 26.4. The summed E-state index contributed by atoms with van der Waals surface area (Å²) in [5, 5.41) is 6.78. The SMILES string of the molecule is CCc1ncnc(NCC(/C=S(/O)c2ccc(C)cc2)c2ccc(Oc3cc(Cl)cc(Cl)c3)cc2)c1Cl. The molecule has 1 heterocycles. The molecule has 0 radical (unpaired) electrons. The highest BCUT2D eigenvalue weighted by Gasteiger charge is 2.14. The van der Waals surface area contributed by atoms with Gasteiger partial charge in [-0.05, 0) is 77.5 Å². The lowest BCUT2D eigenvalue weighted by atomic mass is 10.0. The molecule has 2 N–H and O–H groups in total. The number of halogens is 3. The first-order chi connectivity index (χ1) is 17.8. The van der Waals surface area contributed by atoms with Crippen LogP contribution in [-0.4, -0.2) is 26.4 Å². The molecule has 2 unspecified atom stereocenters. The van der Waals surface area contributed by atoms with Crippen LogP contribution in [0.5, 0.6) is 11.5 Å². The molecule has 0 fully saturated rings. The third kappa shape index (κ3) is 7.46. The van der Waals surface area contributed by atoms with Gasteiger partial charge in [-0.25, -0.2) is 9.97 Å². The highest BCUT2D eigenvalue weighted by Crippen LogP contribution is 2.31. The maximum Gasteiger partial charge on any atom is 0.148 e. The van der Waals surface area contributed by atoms with Crippen LogP contribution in [0.4, 0.5) is 5.82 Å². The van der Waals surface area contributed by atoms with Crippen molar-refractivity contribution in [2.24, 2.45) is 0 Å². The molecule has 0 spiro atoms. The Hall–Kier alpha value is -2.61. The molecule has 2 atom stereocenters. The Labute approximate surface area is 234 Å². The first-order valence-corrected chi connectivity index (χ1v) is 14.0. The zero-order valence-corrected chi connectivity index (χ0v) is 23.4. The summed E-state index contributed by atoms with van der Waals surface area (Å²) in [6.45, 7) is 4.49. The number of benzene rings is 3. The lowest BCUT2D eigenvalue weighted by molar-refractivity contribution is 0.482. The molecule has 4 aromatic rings. The number of rotatable bonds is 9. The van der Waals surface area contributed by atoms with Gasteiger partial charge in [0.15, 0.2) is 0 Å². The molecular weight excluding hydrogens is 549 g/mol. The zero-order valence-electron chi connectivity index (χ0n) is 20.3.